The minimum absolute atomic E-state index is 0.778. The first-order valence-corrected chi connectivity index (χ1v) is 8.05. The summed E-state index contributed by atoms with van der Waals surface area (Å²) in [5.41, 5.74) is 1.31. The van der Waals surface area contributed by atoms with Crippen LogP contribution in [0.15, 0.2) is 22.7 Å². The van der Waals surface area contributed by atoms with Gasteiger partial charge in [0.15, 0.2) is 0 Å². The normalized spacial score (nSPS) is 21.7. The van der Waals surface area contributed by atoms with E-state index in [0.717, 1.165) is 31.4 Å². The Kier molecular flexibility index (Phi) is 4.61. The molecule has 0 aromatic heterocycles. The highest BCUT2D eigenvalue weighted by Gasteiger charge is 2.27. The summed E-state index contributed by atoms with van der Waals surface area (Å²) < 4.78 is 6.49. The maximum Gasteiger partial charge on any atom is 0.119 e. The Morgan fingerprint density at radius 2 is 2.00 bits per heavy atom. The average Bonchev–Trinajstić information content (AvgIpc) is 2.41. The van der Waals surface area contributed by atoms with Gasteiger partial charge in [-0.3, -0.25) is 9.80 Å². The predicted octanol–water partition coefficient (Wildman–Crippen LogP) is 1.55. The van der Waals surface area contributed by atoms with Crippen LogP contribution in [0.3, 0.4) is 0 Å². The largest absolute Gasteiger partial charge is 0.497 e. The Balaban J connectivity index is 1.56. The van der Waals surface area contributed by atoms with Gasteiger partial charge in [-0.1, -0.05) is 15.9 Å². The molecule has 2 saturated heterocycles. The molecule has 0 atom stereocenters. The van der Waals surface area contributed by atoms with Crippen molar-refractivity contribution >= 4 is 15.9 Å². The number of benzene rings is 1. The summed E-state index contributed by atoms with van der Waals surface area (Å²) in [6.45, 7) is 8.01. The quantitative estimate of drug-likeness (QED) is 0.900. The first-order valence-electron chi connectivity index (χ1n) is 7.26. The Morgan fingerprint density at radius 3 is 2.60 bits per heavy atom. The van der Waals surface area contributed by atoms with Crippen molar-refractivity contribution in [2.75, 3.05) is 46.4 Å². The van der Waals surface area contributed by atoms with Crippen LogP contribution in [0, 0.1) is 0 Å². The van der Waals surface area contributed by atoms with Crippen molar-refractivity contribution in [2.45, 2.75) is 12.6 Å². The molecular weight excluding hydrogens is 318 g/mol. The molecule has 1 aromatic rings. The van der Waals surface area contributed by atoms with Crippen molar-refractivity contribution in [2.24, 2.45) is 0 Å². The van der Waals surface area contributed by atoms with Crippen LogP contribution in [0.2, 0.25) is 0 Å². The van der Waals surface area contributed by atoms with Crippen molar-refractivity contribution in [1.29, 1.82) is 0 Å². The highest BCUT2D eigenvalue weighted by molar-refractivity contribution is 9.10. The molecule has 0 saturated carbocycles. The number of nitrogens with zero attached hydrogens (tertiary/aromatic N) is 2. The average molecular weight is 340 g/mol. The van der Waals surface area contributed by atoms with Gasteiger partial charge in [0.2, 0.25) is 0 Å². The van der Waals surface area contributed by atoms with E-state index in [0.29, 0.717) is 0 Å². The molecule has 0 aliphatic carbocycles. The lowest BCUT2D eigenvalue weighted by molar-refractivity contribution is 0.0694. The lowest BCUT2D eigenvalue weighted by Gasteiger charge is -2.43. The first kappa shape index (κ1) is 14.3. The van der Waals surface area contributed by atoms with Crippen molar-refractivity contribution < 1.29 is 4.74 Å². The zero-order valence-electron chi connectivity index (χ0n) is 11.9. The van der Waals surface area contributed by atoms with Crippen molar-refractivity contribution in [1.82, 2.24) is 15.1 Å². The number of halogens is 1. The summed E-state index contributed by atoms with van der Waals surface area (Å²) in [7, 11) is 1.72. The zero-order valence-corrected chi connectivity index (χ0v) is 13.5. The number of piperazine rings is 1. The fraction of sp³-hybridized carbons (Fsp3) is 0.600. The van der Waals surface area contributed by atoms with Crippen LogP contribution in [0.1, 0.15) is 5.56 Å². The van der Waals surface area contributed by atoms with Crippen molar-refractivity contribution in [3.8, 4) is 5.75 Å². The second-order valence-corrected chi connectivity index (χ2v) is 6.44. The number of ether oxygens (including phenoxy) is 1. The van der Waals surface area contributed by atoms with E-state index >= 15 is 0 Å². The highest BCUT2D eigenvalue weighted by Crippen LogP contribution is 2.24. The van der Waals surface area contributed by atoms with Crippen molar-refractivity contribution in [3.05, 3.63) is 28.2 Å². The molecule has 2 aliphatic rings. The summed E-state index contributed by atoms with van der Waals surface area (Å²) in [6.07, 6.45) is 0. The van der Waals surface area contributed by atoms with Gasteiger partial charge in [-0.15, -0.1) is 0 Å². The Hall–Kier alpha value is -0.620. The SMILES string of the molecule is COc1ccc(Br)c(CN2CCN(C3CNC3)CC2)c1. The second kappa shape index (κ2) is 6.43. The smallest absolute Gasteiger partial charge is 0.119 e. The third-order valence-corrected chi connectivity index (χ3v) is 5.10. The molecule has 0 radical (unpaired) electrons. The molecule has 2 fully saturated rings. The molecule has 4 nitrogen and oxygen atoms in total. The van der Waals surface area contributed by atoms with Gasteiger partial charge in [0, 0.05) is 56.3 Å². The molecule has 110 valence electrons. The van der Waals surface area contributed by atoms with E-state index in [1.54, 1.807) is 7.11 Å². The van der Waals surface area contributed by atoms with E-state index in [9.17, 15) is 0 Å². The van der Waals surface area contributed by atoms with Crippen molar-refractivity contribution in [3.63, 3.8) is 0 Å². The number of hydrogen-bond acceptors (Lipinski definition) is 4. The summed E-state index contributed by atoms with van der Waals surface area (Å²) in [5, 5.41) is 3.35. The van der Waals surface area contributed by atoms with Crippen LogP contribution in [0.5, 0.6) is 5.75 Å². The zero-order chi connectivity index (χ0) is 13.9. The fourth-order valence-corrected chi connectivity index (χ4v) is 3.23. The molecule has 0 spiro atoms. The van der Waals surface area contributed by atoms with Gasteiger partial charge in [-0.25, -0.2) is 0 Å². The number of methoxy groups -OCH3 is 1. The maximum atomic E-state index is 5.32. The standard InChI is InChI=1S/C15H22BrN3O/c1-20-14-2-3-15(16)12(8-14)11-18-4-6-19(7-5-18)13-9-17-10-13/h2-3,8,13,17H,4-7,9-11H2,1H3. The van der Waals surface area contributed by atoms with Crippen LogP contribution in [0.25, 0.3) is 0 Å². The van der Waals surface area contributed by atoms with Gasteiger partial charge < -0.3 is 10.1 Å². The summed E-state index contributed by atoms with van der Waals surface area (Å²) in [6, 6.07) is 6.98. The molecular formula is C15H22BrN3O. The Morgan fingerprint density at radius 1 is 1.25 bits per heavy atom. The van der Waals surface area contributed by atoms with E-state index in [1.807, 2.05) is 6.07 Å². The molecule has 5 heteroatoms. The molecule has 1 N–H and O–H groups in total. The third kappa shape index (κ3) is 3.17. The summed E-state index contributed by atoms with van der Waals surface area (Å²) >= 11 is 3.64. The molecule has 0 unspecified atom stereocenters. The molecule has 3 rings (SSSR count). The van der Waals surface area contributed by atoms with Gasteiger partial charge >= 0.3 is 0 Å². The Labute approximate surface area is 129 Å². The first-order chi connectivity index (χ1) is 9.76. The monoisotopic (exact) mass is 339 g/mol. The lowest BCUT2D eigenvalue weighted by Crippen LogP contribution is -2.61. The van der Waals surface area contributed by atoms with Crippen LogP contribution in [-0.4, -0.2) is 62.2 Å². The molecule has 0 bridgehead atoms. The van der Waals surface area contributed by atoms with E-state index in [4.69, 9.17) is 4.74 Å². The lowest BCUT2D eigenvalue weighted by atomic mass is 10.1. The predicted molar refractivity (Wildman–Crippen MR) is 84.2 cm³/mol. The van der Waals surface area contributed by atoms with Gasteiger partial charge in [0.05, 0.1) is 7.11 Å². The highest BCUT2D eigenvalue weighted by atomic mass is 79.9. The third-order valence-electron chi connectivity index (χ3n) is 4.33. The number of hydrogen-bond donors (Lipinski definition) is 1. The van der Waals surface area contributed by atoms with E-state index in [2.05, 4.69) is 43.2 Å². The molecule has 2 heterocycles. The van der Waals surface area contributed by atoms with Gasteiger partial charge in [0.25, 0.3) is 0 Å². The molecule has 2 aliphatic heterocycles. The van der Waals surface area contributed by atoms with Crippen LogP contribution < -0.4 is 10.1 Å². The van der Waals surface area contributed by atoms with Crippen LogP contribution in [0.4, 0.5) is 0 Å². The summed E-state index contributed by atoms with van der Waals surface area (Å²) in [5.74, 6) is 0.933. The summed E-state index contributed by atoms with van der Waals surface area (Å²) in [4.78, 5) is 5.15. The maximum absolute atomic E-state index is 5.32. The molecule has 1 aromatic carbocycles. The van der Waals surface area contributed by atoms with Crippen LogP contribution in [-0.2, 0) is 6.54 Å². The minimum atomic E-state index is 0.778. The van der Waals surface area contributed by atoms with Gasteiger partial charge in [0.1, 0.15) is 5.75 Å². The van der Waals surface area contributed by atoms with Gasteiger partial charge in [-0.2, -0.15) is 0 Å². The minimum Gasteiger partial charge on any atom is -0.497 e. The number of rotatable bonds is 4. The molecule has 0 amide bonds. The second-order valence-electron chi connectivity index (χ2n) is 5.58. The molecule has 20 heavy (non-hydrogen) atoms. The van der Waals surface area contributed by atoms with E-state index < -0.39 is 0 Å². The number of nitrogens with one attached hydrogen (secondary N) is 1. The van der Waals surface area contributed by atoms with Gasteiger partial charge in [-0.05, 0) is 23.8 Å². The Bertz CT molecular complexity index is 456. The topological polar surface area (TPSA) is 27.7 Å². The van der Waals surface area contributed by atoms with Crippen LogP contribution >= 0.6 is 15.9 Å². The fourth-order valence-electron chi connectivity index (χ4n) is 2.86. The van der Waals surface area contributed by atoms with E-state index in [1.165, 1.54) is 36.2 Å². The van der Waals surface area contributed by atoms with E-state index in [-0.39, 0.29) is 0 Å².